The van der Waals surface area contributed by atoms with Crippen molar-refractivity contribution in [2.75, 3.05) is 10.6 Å². The Labute approximate surface area is 140 Å². The molecule has 6 heteroatoms. The van der Waals surface area contributed by atoms with E-state index in [0.717, 1.165) is 18.5 Å². The average Bonchev–Trinajstić information content (AvgIpc) is 3.40. The van der Waals surface area contributed by atoms with E-state index in [9.17, 15) is 4.79 Å². The molecule has 1 amide bonds. The van der Waals surface area contributed by atoms with Gasteiger partial charge in [0.2, 0.25) is 0 Å². The maximum absolute atomic E-state index is 12.7. The van der Waals surface area contributed by atoms with Gasteiger partial charge in [-0.15, -0.1) is 0 Å². The van der Waals surface area contributed by atoms with Gasteiger partial charge in [-0.1, -0.05) is 13.8 Å². The van der Waals surface area contributed by atoms with E-state index in [1.807, 2.05) is 13.8 Å². The Balaban J connectivity index is 1.88. The zero-order valence-electron chi connectivity index (χ0n) is 13.7. The van der Waals surface area contributed by atoms with Crippen molar-refractivity contribution in [1.82, 2.24) is 9.97 Å². The fourth-order valence-electron chi connectivity index (χ4n) is 2.45. The summed E-state index contributed by atoms with van der Waals surface area (Å²) in [4.78, 5) is 20.9. The van der Waals surface area contributed by atoms with Crippen molar-refractivity contribution in [3.05, 3.63) is 47.5 Å². The second-order valence-corrected chi connectivity index (χ2v) is 6.22. The van der Waals surface area contributed by atoms with Crippen LogP contribution in [0.1, 0.15) is 54.2 Å². The Morgan fingerprint density at radius 3 is 2.79 bits per heavy atom. The molecule has 1 aliphatic rings. The lowest BCUT2D eigenvalue weighted by Crippen LogP contribution is -2.17. The van der Waals surface area contributed by atoms with Gasteiger partial charge in [0.25, 0.3) is 5.91 Å². The molecule has 2 N–H and O–H groups in total. The van der Waals surface area contributed by atoms with Crippen LogP contribution in [0.4, 0.5) is 11.4 Å². The van der Waals surface area contributed by atoms with Crippen LogP contribution >= 0.6 is 0 Å². The van der Waals surface area contributed by atoms with Crippen LogP contribution in [0.15, 0.2) is 30.7 Å². The molecule has 3 rings (SSSR count). The number of carbonyl (C=O) groups excluding carboxylic acids is 1. The minimum atomic E-state index is -0.247. The number of carbonyl (C=O) groups is 1. The predicted molar refractivity (Wildman–Crippen MR) is 91.9 cm³/mol. The van der Waals surface area contributed by atoms with Crippen molar-refractivity contribution >= 4 is 17.3 Å². The van der Waals surface area contributed by atoms with Gasteiger partial charge < -0.3 is 10.6 Å². The van der Waals surface area contributed by atoms with E-state index in [2.05, 4.69) is 26.7 Å². The summed E-state index contributed by atoms with van der Waals surface area (Å²) in [5.41, 5.74) is 3.17. The second-order valence-electron chi connectivity index (χ2n) is 6.22. The van der Waals surface area contributed by atoms with E-state index in [1.165, 1.54) is 12.5 Å². The summed E-state index contributed by atoms with van der Waals surface area (Å²) >= 11 is 0. The van der Waals surface area contributed by atoms with Crippen LogP contribution < -0.4 is 10.6 Å². The molecule has 1 fully saturated rings. The lowest BCUT2D eigenvalue weighted by atomic mass is 10.0. The summed E-state index contributed by atoms with van der Waals surface area (Å²) in [6.45, 7) is 3.97. The van der Waals surface area contributed by atoms with E-state index in [0.29, 0.717) is 28.6 Å². The number of benzene rings is 1. The summed E-state index contributed by atoms with van der Waals surface area (Å²) in [5, 5.41) is 15.4. The third kappa shape index (κ3) is 3.51. The van der Waals surface area contributed by atoms with E-state index in [1.54, 1.807) is 18.2 Å². The molecular weight excluding hydrogens is 302 g/mol. The van der Waals surface area contributed by atoms with Gasteiger partial charge >= 0.3 is 0 Å². The van der Waals surface area contributed by atoms with Crippen LogP contribution in [-0.4, -0.2) is 21.9 Å². The molecule has 1 saturated carbocycles. The van der Waals surface area contributed by atoms with Crippen LogP contribution in [0.2, 0.25) is 0 Å². The highest BCUT2D eigenvalue weighted by Crippen LogP contribution is 2.31. The SMILES string of the molecule is CC(C)c1ncncc1C(=O)Nc1ccc(C#N)cc1NC1CC1. The topological polar surface area (TPSA) is 90.7 Å². The summed E-state index contributed by atoms with van der Waals surface area (Å²) in [7, 11) is 0. The lowest BCUT2D eigenvalue weighted by Gasteiger charge is -2.15. The molecule has 6 nitrogen and oxygen atoms in total. The van der Waals surface area contributed by atoms with Crippen LogP contribution in [0, 0.1) is 11.3 Å². The largest absolute Gasteiger partial charge is 0.381 e. The maximum Gasteiger partial charge on any atom is 0.259 e. The number of hydrogen-bond donors (Lipinski definition) is 2. The van der Waals surface area contributed by atoms with Gasteiger partial charge in [-0.05, 0) is 37.0 Å². The molecule has 0 atom stereocenters. The fourth-order valence-corrected chi connectivity index (χ4v) is 2.45. The Morgan fingerprint density at radius 1 is 1.33 bits per heavy atom. The van der Waals surface area contributed by atoms with Crippen molar-refractivity contribution in [1.29, 1.82) is 5.26 Å². The first-order valence-corrected chi connectivity index (χ1v) is 8.00. The maximum atomic E-state index is 12.7. The molecule has 2 aromatic rings. The highest BCUT2D eigenvalue weighted by atomic mass is 16.1. The van der Waals surface area contributed by atoms with Gasteiger partial charge in [0.05, 0.1) is 34.3 Å². The highest BCUT2D eigenvalue weighted by molar-refractivity contribution is 6.06. The highest BCUT2D eigenvalue weighted by Gasteiger charge is 2.23. The molecule has 0 aliphatic heterocycles. The predicted octanol–water partition coefficient (Wildman–Crippen LogP) is 3.30. The van der Waals surface area contributed by atoms with Crippen LogP contribution in [-0.2, 0) is 0 Å². The summed E-state index contributed by atoms with van der Waals surface area (Å²) < 4.78 is 0. The smallest absolute Gasteiger partial charge is 0.259 e. The Bertz CT molecular complexity index is 805. The minimum absolute atomic E-state index is 0.124. The minimum Gasteiger partial charge on any atom is -0.381 e. The Kier molecular flexibility index (Phi) is 4.43. The summed E-state index contributed by atoms with van der Waals surface area (Å²) in [6.07, 6.45) is 5.20. The summed E-state index contributed by atoms with van der Waals surface area (Å²) in [5.74, 6) is -0.123. The van der Waals surface area contributed by atoms with Gasteiger partial charge in [-0.2, -0.15) is 5.26 Å². The molecule has 122 valence electrons. The zero-order chi connectivity index (χ0) is 17.1. The fraction of sp³-hybridized carbons (Fsp3) is 0.333. The number of nitrogens with one attached hydrogen (secondary N) is 2. The first-order chi connectivity index (χ1) is 11.6. The van der Waals surface area contributed by atoms with Crippen LogP contribution in [0.3, 0.4) is 0 Å². The Hall–Kier alpha value is -2.94. The monoisotopic (exact) mass is 321 g/mol. The van der Waals surface area contributed by atoms with Crippen molar-refractivity contribution in [3.8, 4) is 6.07 Å². The van der Waals surface area contributed by atoms with Gasteiger partial charge in [0.15, 0.2) is 0 Å². The molecular formula is C18H19N5O. The van der Waals surface area contributed by atoms with E-state index < -0.39 is 0 Å². The standard InChI is InChI=1S/C18H19N5O/c1-11(2)17-14(9-20-10-21-17)18(24)23-15-6-3-12(8-19)7-16(15)22-13-4-5-13/h3,6-7,9-11,13,22H,4-5H2,1-2H3,(H,23,24). The van der Waals surface area contributed by atoms with Crippen LogP contribution in [0.5, 0.6) is 0 Å². The zero-order valence-corrected chi connectivity index (χ0v) is 13.7. The third-order valence-electron chi connectivity index (χ3n) is 3.87. The number of nitrogens with zero attached hydrogens (tertiary/aromatic N) is 3. The Morgan fingerprint density at radius 2 is 2.12 bits per heavy atom. The molecule has 0 unspecified atom stereocenters. The third-order valence-corrected chi connectivity index (χ3v) is 3.87. The van der Waals surface area contributed by atoms with Crippen LogP contribution in [0.25, 0.3) is 0 Å². The van der Waals surface area contributed by atoms with Gasteiger partial charge in [-0.3, -0.25) is 4.79 Å². The van der Waals surface area contributed by atoms with E-state index >= 15 is 0 Å². The normalized spacial score (nSPS) is 13.4. The van der Waals surface area contributed by atoms with Gasteiger partial charge in [0, 0.05) is 12.2 Å². The molecule has 1 aromatic carbocycles. The van der Waals surface area contributed by atoms with E-state index in [4.69, 9.17) is 5.26 Å². The number of rotatable bonds is 5. The van der Waals surface area contributed by atoms with Crippen molar-refractivity contribution in [2.45, 2.75) is 38.6 Å². The first-order valence-electron chi connectivity index (χ1n) is 8.00. The lowest BCUT2D eigenvalue weighted by molar-refractivity contribution is 0.102. The average molecular weight is 321 g/mol. The first kappa shape index (κ1) is 15.9. The summed E-state index contributed by atoms with van der Waals surface area (Å²) in [6, 6.07) is 7.75. The molecule has 0 bridgehead atoms. The van der Waals surface area contributed by atoms with Crippen molar-refractivity contribution < 1.29 is 4.79 Å². The molecule has 24 heavy (non-hydrogen) atoms. The second kappa shape index (κ2) is 6.67. The van der Waals surface area contributed by atoms with E-state index in [-0.39, 0.29) is 11.8 Å². The molecule has 0 spiro atoms. The molecule has 0 saturated heterocycles. The van der Waals surface area contributed by atoms with Gasteiger partial charge in [0.1, 0.15) is 6.33 Å². The quantitative estimate of drug-likeness (QED) is 0.881. The molecule has 1 aliphatic carbocycles. The number of amides is 1. The van der Waals surface area contributed by atoms with Crippen molar-refractivity contribution in [3.63, 3.8) is 0 Å². The number of nitriles is 1. The van der Waals surface area contributed by atoms with Crippen molar-refractivity contribution in [2.24, 2.45) is 0 Å². The number of anilines is 2. The number of aromatic nitrogens is 2. The molecule has 1 aromatic heterocycles. The van der Waals surface area contributed by atoms with Gasteiger partial charge in [-0.25, -0.2) is 9.97 Å². The molecule has 1 heterocycles. The number of hydrogen-bond acceptors (Lipinski definition) is 5. The molecule has 0 radical (unpaired) electrons.